The van der Waals surface area contributed by atoms with Gasteiger partial charge in [-0.05, 0) is 42.7 Å². The molecule has 0 atom stereocenters. The molecule has 2 nitrogen and oxygen atoms in total. The third-order valence-electron chi connectivity index (χ3n) is 3.58. The molecule has 1 aromatic heterocycles. The minimum absolute atomic E-state index is 0.155. The first kappa shape index (κ1) is 15.1. The highest BCUT2D eigenvalue weighted by Gasteiger charge is 2.17. The summed E-state index contributed by atoms with van der Waals surface area (Å²) in [7, 11) is 0. The maximum atomic E-state index is 12.5. The van der Waals surface area contributed by atoms with Crippen molar-refractivity contribution in [3.05, 3.63) is 63.5 Å². The van der Waals surface area contributed by atoms with Gasteiger partial charge in [-0.2, -0.15) is 0 Å². The zero-order chi connectivity index (χ0) is 15.7. The van der Waals surface area contributed by atoms with Crippen LogP contribution in [-0.4, -0.2) is 5.91 Å². The molecule has 0 unspecified atom stereocenters. The van der Waals surface area contributed by atoms with E-state index in [1.54, 1.807) is 0 Å². The molecule has 0 saturated heterocycles. The number of benzene rings is 2. The molecule has 2 aromatic carbocycles. The van der Waals surface area contributed by atoms with Crippen molar-refractivity contribution in [2.75, 3.05) is 5.32 Å². The predicted octanol–water partition coefficient (Wildman–Crippen LogP) is 5.68. The summed E-state index contributed by atoms with van der Waals surface area (Å²) in [6.07, 6.45) is 0.937. The number of anilines is 1. The van der Waals surface area contributed by atoms with E-state index in [1.807, 2.05) is 43.3 Å². The van der Waals surface area contributed by atoms with Crippen molar-refractivity contribution in [2.24, 2.45) is 0 Å². The second-order valence-corrected chi connectivity index (χ2v) is 6.68. The lowest BCUT2D eigenvalue weighted by Gasteiger charge is -2.05. The number of carbonyl (C=O) groups is 1. The molecular formula is C18H16ClNOS. The Morgan fingerprint density at radius 1 is 1.23 bits per heavy atom. The molecule has 0 bridgehead atoms. The maximum absolute atomic E-state index is 12.5. The summed E-state index contributed by atoms with van der Waals surface area (Å²) in [6.45, 7) is 4.12. The molecule has 1 heterocycles. The Morgan fingerprint density at radius 3 is 2.82 bits per heavy atom. The molecule has 1 amide bonds. The van der Waals surface area contributed by atoms with Crippen molar-refractivity contribution in [3.63, 3.8) is 0 Å². The van der Waals surface area contributed by atoms with Crippen molar-refractivity contribution in [1.29, 1.82) is 0 Å². The highest BCUT2D eigenvalue weighted by molar-refractivity contribution is 7.21. The summed E-state index contributed by atoms with van der Waals surface area (Å²) in [5.41, 5.74) is 3.15. The Labute approximate surface area is 138 Å². The van der Waals surface area contributed by atoms with E-state index in [0.29, 0.717) is 9.90 Å². The highest BCUT2D eigenvalue weighted by atomic mass is 35.5. The topological polar surface area (TPSA) is 29.1 Å². The monoisotopic (exact) mass is 329 g/mol. The Bertz CT molecular complexity index is 853. The van der Waals surface area contributed by atoms with E-state index in [9.17, 15) is 4.79 Å². The second-order valence-electron chi connectivity index (χ2n) is 5.25. The van der Waals surface area contributed by atoms with Crippen LogP contribution in [0.5, 0.6) is 0 Å². The summed E-state index contributed by atoms with van der Waals surface area (Å²) in [6, 6.07) is 13.9. The highest BCUT2D eigenvalue weighted by Crippen LogP contribution is 2.36. The summed E-state index contributed by atoms with van der Waals surface area (Å²) in [5, 5.41) is 4.40. The minimum atomic E-state index is -0.155. The molecule has 0 aliphatic rings. The molecule has 0 radical (unpaired) electrons. The molecule has 0 aliphatic carbocycles. The number of thiophene rings is 1. The van der Waals surface area contributed by atoms with E-state index >= 15 is 0 Å². The third-order valence-corrected chi connectivity index (χ3v) is 5.24. The van der Waals surface area contributed by atoms with Gasteiger partial charge in [0.1, 0.15) is 4.88 Å². The van der Waals surface area contributed by atoms with E-state index in [-0.39, 0.29) is 5.91 Å². The van der Waals surface area contributed by atoms with Crippen molar-refractivity contribution < 1.29 is 4.79 Å². The van der Waals surface area contributed by atoms with Crippen molar-refractivity contribution in [3.8, 4) is 0 Å². The summed E-state index contributed by atoms with van der Waals surface area (Å²) in [5.74, 6) is -0.155. The van der Waals surface area contributed by atoms with Gasteiger partial charge in [0.2, 0.25) is 0 Å². The van der Waals surface area contributed by atoms with E-state index < -0.39 is 0 Å². The Morgan fingerprint density at radius 2 is 2.05 bits per heavy atom. The fourth-order valence-electron chi connectivity index (χ4n) is 2.38. The zero-order valence-electron chi connectivity index (χ0n) is 12.4. The Hall–Kier alpha value is -1.84. The van der Waals surface area contributed by atoms with Crippen LogP contribution >= 0.6 is 22.9 Å². The van der Waals surface area contributed by atoms with Gasteiger partial charge in [0.05, 0.1) is 5.02 Å². The van der Waals surface area contributed by atoms with Gasteiger partial charge in [-0.3, -0.25) is 4.79 Å². The van der Waals surface area contributed by atoms with Crippen LogP contribution < -0.4 is 5.32 Å². The summed E-state index contributed by atoms with van der Waals surface area (Å²) < 4.78 is 1.04. The SMILES string of the molecule is CCc1cccc(NC(=O)c2sc3cc(C)ccc3c2Cl)c1. The number of nitrogens with one attached hydrogen (secondary N) is 1. The zero-order valence-corrected chi connectivity index (χ0v) is 14.0. The number of carbonyl (C=O) groups excluding carboxylic acids is 1. The number of rotatable bonds is 3. The third kappa shape index (κ3) is 2.87. The molecule has 0 spiro atoms. The van der Waals surface area contributed by atoms with E-state index in [2.05, 4.69) is 18.3 Å². The van der Waals surface area contributed by atoms with Crippen LogP contribution in [0.3, 0.4) is 0 Å². The number of halogens is 1. The lowest BCUT2D eigenvalue weighted by molar-refractivity contribution is 0.103. The van der Waals surface area contributed by atoms with E-state index in [0.717, 1.165) is 27.8 Å². The molecule has 3 rings (SSSR count). The van der Waals surface area contributed by atoms with Crippen molar-refractivity contribution in [2.45, 2.75) is 20.3 Å². The Kier molecular flexibility index (Phi) is 4.19. The molecule has 3 aromatic rings. The van der Waals surface area contributed by atoms with Gasteiger partial charge >= 0.3 is 0 Å². The average molecular weight is 330 g/mol. The first-order valence-electron chi connectivity index (χ1n) is 7.17. The molecule has 0 fully saturated rings. The van der Waals surface area contributed by atoms with Crippen LogP contribution in [0.1, 0.15) is 27.7 Å². The lowest BCUT2D eigenvalue weighted by Crippen LogP contribution is -2.10. The van der Waals surface area contributed by atoms with E-state index in [4.69, 9.17) is 11.6 Å². The summed E-state index contributed by atoms with van der Waals surface area (Å²) >= 11 is 7.81. The van der Waals surface area contributed by atoms with Gasteiger partial charge in [0.15, 0.2) is 0 Å². The normalized spacial score (nSPS) is 10.9. The first-order chi connectivity index (χ1) is 10.6. The molecule has 112 valence electrons. The van der Waals surface area contributed by atoms with E-state index in [1.165, 1.54) is 16.9 Å². The number of aryl methyl sites for hydroxylation is 2. The van der Waals surface area contributed by atoms with Crippen LogP contribution in [0.25, 0.3) is 10.1 Å². The molecule has 4 heteroatoms. The van der Waals surface area contributed by atoms with Gasteiger partial charge in [0.25, 0.3) is 5.91 Å². The fourth-order valence-corrected chi connectivity index (χ4v) is 3.89. The Balaban J connectivity index is 1.93. The van der Waals surface area contributed by atoms with Crippen molar-refractivity contribution in [1.82, 2.24) is 0 Å². The maximum Gasteiger partial charge on any atom is 0.267 e. The molecular weight excluding hydrogens is 314 g/mol. The van der Waals surface area contributed by atoms with Crippen LogP contribution in [0.15, 0.2) is 42.5 Å². The van der Waals surface area contributed by atoms with Crippen LogP contribution in [0.2, 0.25) is 5.02 Å². The molecule has 0 aliphatic heterocycles. The first-order valence-corrected chi connectivity index (χ1v) is 8.37. The predicted molar refractivity (Wildman–Crippen MR) is 95.3 cm³/mol. The van der Waals surface area contributed by atoms with Gasteiger partial charge in [-0.15, -0.1) is 11.3 Å². The van der Waals surface area contributed by atoms with Crippen LogP contribution in [0, 0.1) is 6.92 Å². The van der Waals surface area contributed by atoms with Crippen molar-refractivity contribution >= 4 is 44.6 Å². The smallest absolute Gasteiger partial charge is 0.267 e. The number of hydrogen-bond acceptors (Lipinski definition) is 2. The fraction of sp³-hybridized carbons (Fsp3) is 0.167. The number of fused-ring (bicyclic) bond motifs is 1. The van der Waals surface area contributed by atoms with Crippen LogP contribution in [0.4, 0.5) is 5.69 Å². The average Bonchev–Trinajstić information content (AvgIpc) is 2.84. The summed E-state index contributed by atoms with van der Waals surface area (Å²) in [4.78, 5) is 13.1. The molecule has 0 saturated carbocycles. The van der Waals surface area contributed by atoms with Gasteiger partial charge in [-0.25, -0.2) is 0 Å². The quantitative estimate of drug-likeness (QED) is 0.658. The largest absolute Gasteiger partial charge is 0.321 e. The van der Waals surface area contributed by atoms with Crippen LogP contribution in [-0.2, 0) is 6.42 Å². The lowest BCUT2D eigenvalue weighted by atomic mass is 10.1. The molecule has 22 heavy (non-hydrogen) atoms. The second kappa shape index (κ2) is 6.11. The van der Waals surface area contributed by atoms with Gasteiger partial charge in [-0.1, -0.05) is 42.8 Å². The standard InChI is InChI=1S/C18H16ClNOS/c1-3-12-5-4-6-13(10-12)20-18(21)17-16(19)14-8-7-11(2)9-15(14)22-17/h4-10H,3H2,1-2H3,(H,20,21). The number of amides is 1. The minimum Gasteiger partial charge on any atom is -0.321 e. The van der Waals surface area contributed by atoms with Gasteiger partial charge < -0.3 is 5.32 Å². The number of hydrogen-bond donors (Lipinski definition) is 1. The van der Waals surface area contributed by atoms with Gasteiger partial charge in [0, 0.05) is 15.8 Å². The molecule has 1 N–H and O–H groups in total.